The second kappa shape index (κ2) is 10.6. The molecule has 0 unspecified atom stereocenters. The molecule has 2 saturated carbocycles. The normalized spacial score (nSPS) is 35.5. The van der Waals surface area contributed by atoms with Gasteiger partial charge in [0.05, 0.1) is 17.8 Å². The topological polar surface area (TPSA) is 60.7 Å². The lowest BCUT2D eigenvalue weighted by molar-refractivity contribution is 0.0619. The molecule has 3 heteroatoms. The molecule has 3 N–H and O–H groups in total. The van der Waals surface area contributed by atoms with Crippen molar-refractivity contribution < 1.29 is 15.3 Å². The standard InChI is InChI=1S/C27H46O3/c1-7-15-27(6)22(12-8-11-21-17-23(28)18-25(29)20(21)3)13-14-24(27)19(2)10-9-16-26(4,5)30/h8,11-12,19,22-25,28-30H,3,7,9-10,13-18H2,1-2,4-6H3/t19-,22-,23-,24-,25+,27+/m1/s1. The van der Waals surface area contributed by atoms with Crippen LogP contribution in [0.5, 0.6) is 0 Å². The molecule has 3 nitrogen and oxygen atoms in total. The summed E-state index contributed by atoms with van der Waals surface area (Å²) >= 11 is 0. The Morgan fingerprint density at radius 1 is 1.27 bits per heavy atom. The van der Waals surface area contributed by atoms with Gasteiger partial charge in [0, 0.05) is 6.42 Å². The lowest BCUT2D eigenvalue weighted by atomic mass is 9.66. The van der Waals surface area contributed by atoms with E-state index in [1.165, 1.54) is 32.1 Å². The summed E-state index contributed by atoms with van der Waals surface area (Å²) in [5.41, 5.74) is 1.47. The molecule has 6 atom stereocenters. The summed E-state index contributed by atoms with van der Waals surface area (Å²) in [5.74, 6) is 1.95. The van der Waals surface area contributed by atoms with Crippen molar-refractivity contribution in [1.82, 2.24) is 0 Å². The summed E-state index contributed by atoms with van der Waals surface area (Å²) in [4.78, 5) is 0. The van der Waals surface area contributed by atoms with Crippen LogP contribution in [-0.2, 0) is 0 Å². The molecule has 0 aliphatic heterocycles. The molecule has 0 amide bonds. The van der Waals surface area contributed by atoms with E-state index in [0.29, 0.717) is 30.1 Å². The van der Waals surface area contributed by atoms with E-state index in [9.17, 15) is 15.3 Å². The molecule has 0 radical (unpaired) electrons. The van der Waals surface area contributed by atoms with Gasteiger partial charge in [0.1, 0.15) is 0 Å². The molecule has 2 fully saturated rings. The SMILES string of the molecule is C=C1C(=CC=C[C@@H]2CC[C@H]([C@H](C)CCCC(C)(C)O)[C@@]2(C)CCC)C[C@@H](O)C[C@@H]1O. The van der Waals surface area contributed by atoms with Crippen molar-refractivity contribution in [1.29, 1.82) is 0 Å². The lowest BCUT2D eigenvalue weighted by Gasteiger charge is -2.39. The Morgan fingerprint density at radius 2 is 1.97 bits per heavy atom. The van der Waals surface area contributed by atoms with Gasteiger partial charge in [-0.15, -0.1) is 0 Å². The monoisotopic (exact) mass is 418 g/mol. The molecule has 0 heterocycles. The predicted molar refractivity (Wildman–Crippen MR) is 126 cm³/mol. The van der Waals surface area contributed by atoms with Gasteiger partial charge >= 0.3 is 0 Å². The highest BCUT2D eigenvalue weighted by Gasteiger charge is 2.46. The molecule has 0 aromatic carbocycles. The molecule has 172 valence electrons. The number of hydrogen-bond donors (Lipinski definition) is 3. The number of allylic oxidation sites excluding steroid dienone is 3. The third-order valence-electron chi connectivity index (χ3n) is 7.81. The van der Waals surface area contributed by atoms with Crippen molar-refractivity contribution in [2.75, 3.05) is 0 Å². The van der Waals surface area contributed by atoms with E-state index in [2.05, 4.69) is 45.6 Å². The third kappa shape index (κ3) is 6.55. The van der Waals surface area contributed by atoms with E-state index in [-0.39, 0.29) is 0 Å². The number of aliphatic hydroxyl groups is 3. The molecule has 2 rings (SSSR count). The molecule has 0 aromatic rings. The highest BCUT2D eigenvalue weighted by atomic mass is 16.3. The van der Waals surface area contributed by atoms with Crippen LogP contribution in [0.3, 0.4) is 0 Å². The maximum atomic E-state index is 10.1. The van der Waals surface area contributed by atoms with Gasteiger partial charge in [-0.3, -0.25) is 0 Å². The highest BCUT2D eigenvalue weighted by molar-refractivity contribution is 5.37. The average Bonchev–Trinajstić information content (AvgIpc) is 2.94. The van der Waals surface area contributed by atoms with Crippen LogP contribution in [0.2, 0.25) is 0 Å². The molecule has 2 aliphatic rings. The van der Waals surface area contributed by atoms with Crippen LogP contribution in [-0.4, -0.2) is 33.1 Å². The van der Waals surface area contributed by atoms with Gasteiger partial charge < -0.3 is 15.3 Å². The van der Waals surface area contributed by atoms with E-state index < -0.39 is 17.8 Å². The summed E-state index contributed by atoms with van der Waals surface area (Å²) in [7, 11) is 0. The fourth-order valence-electron chi connectivity index (χ4n) is 6.07. The minimum absolute atomic E-state index is 0.306. The number of aliphatic hydroxyl groups excluding tert-OH is 2. The van der Waals surface area contributed by atoms with E-state index in [4.69, 9.17) is 0 Å². The summed E-state index contributed by atoms with van der Waals surface area (Å²) in [6.07, 6.45) is 14.5. The van der Waals surface area contributed by atoms with Crippen LogP contribution >= 0.6 is 0 Å². The first kappa shape index (κ1) is 25.4. The lowest BCUT2D eigenvalue weighted by Crippen LogP contribution is -2.32. The zero-order chi connectivity index (χ0) is 22.5. The molecule has 2 aliphatic carbocycles. The Hall–Kier alpha value is -0.900. The predicted octanol–water partition coefficient (Wildman–Crippen LogP) is 5.95. The van der Waals surface area contributed by atoms with Gasteiger partial charge in [0.15, 0.2) is 0 Å². The first-order valence-electron chi connectivity index (χ1n) is 12.1. The highest BCUT2D eigenvalue weighted by Crippen LogP contribution is 2.55. The second-order valence-electron chi connectivity index (χ2n) is 10.9. The van der Waals surface area contributed by atoms with Crippen molar-refractivity contribution in [2.24, 2.45) is 23.2 Å². The molecular formula is C27H46O3. The second-order valence-corrected chi connectivity index (χ2v) is 10.9. The maximum absolute atomic E-state index is 10.1. The average molecular weight is 419 g/mol. The maximum Gasteiger partial charge on any atom is 0.0811 e. The van der Waals surface area contributed by atoms with E-state index in [1.807, 2.05) is 13.8 Å². The fraction of sp³-hybridized carbons (Fsp3) is 0.778. The summed E-state index contributed by atoms with van der Waals surface area (Å²) in [6.45, 7) is 15.0. The van der Waals surface area contributed by atoms with Crippen molar-refractivity contribution in [3.8, 4) is 0 Å². The Balaban J connectivity index is 2.06. The van der Waals surface area contributed by atoms with Crippen molar-refractivity contribution in [2.45, 2.75) is 110 Å². The van der Waals surface area contributed by atoms with Gasteiger partial charge in [0.2, 0.25) is 0 Å². The van der Waals surface area contributed by atoms with Crippen molar-refractivity contribution in [3.63, 3.8) is 0 Å². The van der Waals surface area contributed by atoms with Crippen molar-refractivity contribution in [3.05, 3.63) is 36.0 Å². The largest absolute Gasteiger partial charge is 0.393 e. The van der Waals surface area contributed by atoms with Crippen LogP contribution in [0, 0.1) is 23.2 Å². The van der Waals surface area contributed by atoms with Crippen LogP contribution in [0.4, 0.5) is 0 Å². The molecule has 30 heavy (non-hydrogen) atoms. The van der Waals surface area contributed by atoms with Crippen LogP contribution in [0.1, 0.15) is 92.4 Å². The Morgan fingerprint density at radius 3 is 2.60 bits per heavy atom. The van der Waals surface area contributed by atoms with Crippen LogP contribution in [0.25, 0.3) is 0 Å². The molecule has 0 saturated heterocycles. The summed E-state index contributed by atoms with van der Waals surface area (Å²) in [6, 6.07) is 0. The molecule has 0 aromatic heterocycles. The quantitative estimate of drug-likeness (QED) is 0.433. The minimum atomic E-state index is -0.626. The molecule has 0 spiro atoms. The van der Waals surface area contributed by atoms with Gasteiger partial charge in [0.25, 0.3) is 0 Å². The van der Waals surface area contributed by atoms with Gasteiger partial charge in [-0.25, -0.2) is 0 Å². The zero-order valence-electron chi connectivity index (χ0n) is 20.0. The van der Waals surface area contributed by atoms with E-state index in [0.717, 1.165) is 29.9 Å². The summed E-state index contributed by atoms with van der Waals surface area (Å²) in [5, 5.41) is 30.1. The minimum Gasteiger partial charge on any atom is -0.393 e. The van der Waals surface area contributed by atoms with E-state index >= 15 is 0 Å². The smallest absolute Gasteiger partial charge is 0.0811 e. The van der Waals surface area contributed by atoms with Crippen LogP contribution < -0.4 is 0 Å². The van der Waals surface area contributed by atoms with Gasteiger partial charge in [-0.2, -0.15) is 0 Å². The third-order valence-corrected chi connectivity index (χ3v) is 7.81. The first-order chi connectivity index (χ1) is 14.0. The Labute approximate surface area is 185 Å². The Bertz CT molecular complexity index is 627. The van der Waals surface area contributed by atoms with Crippen LogP contribution in [0.15, 0.2) is 36.0 Å². The van der Waals surface area contributed by atoms with Gasteiger partial charge in [-0.1, -0.05) is 64.8 Å². The Kier molecular flexibility index (Phi) is 8.97. The van der Waals surface area contributed by atoms with E-state index in [1.54, 1.807) is 0 Å². The molecule has 0 bridgehead atoms. The fourth-order valence-corrected chi connectivity index (χ4v) is 6.07. The summed E-state index contributed by atoms with van der Waals surface area (Å²) < 4.78 is 0. The van der Waals surface area contributed by atoms with Gasteiger partial charge in [-0.05, 0) is 80.3 Å². The van der Waals surface area contributed by atoms with Crippen molar-refractivity contribution >= 4 is 0 Å². The first-order valence-corrected chi connectivity index (χ1v) is 12.1. The zero-order valence-corrected chi connectivity index (χ0v) is 20.0. The molecular weight excluding hydrogens is 372 g/mol. The number of hydrogen-bond acceptors (Lipinski definition) is 3. The number of rotatable bonds is 9.